The molecule has 1 amide bonds. The van der Waals surface area contributed by atoms with Gasteiger partial charge in [-0.05, 0) is 38.5 Å². The third-order valence-corrected chi connectivity index (χ3v) is 9.37. The Morgan fingerprint density at radius 2 is 1.12 bits per heavy atom. The second kappa shape index (κ2) is 36.3. The first kappa shape index (κ1) is 47.5. The zero-order valence-electron chi connectivity index (χ0n) is 31.4. The van der Waals surface area contributed by atoms with E-state index in [1.54, 1.807) is 0 Å². The lowest BCUT2D eigenvalue weighted by atomic mass is 10.0. The lowest BCUT2D eigenvalue weighted by Gasteiger charge is -2.15. The molecule has 0 aliphatic carbocycles. The summed E-state index contributed by atoms with van der Waals surface area (Å²) >= 11 is 0. The van der Waals surface area contributed by atoms with Crippen LogP contribution in [0.4, 0.5) is 0 Å². The second-order valence-electron chi connectivity index (χ2n) is 13.3. The first-order valence-electron chi connectivity index (χ1n) is 19.8. The maximum absolute atomic E-state index is 12.1. The summed E-state index contributed by atoms with van der Waals surface area (Å²) in [4.78, 5) is 33.8. The van der Waals surface area contributed by atoms with Crippen LogP contribution in [0, 0.1) is 0 Å². The van der Waals surface area contributed by atoms with E-state index in [9.17, 15) is 24.2 Å². The third-order valence-electron chi connectivity index (χ3n) is 8.38. The maximum atomic E-state index is 12.1. The topological polar surface area (TPSA) is 131 Å². The van der Waals surface area contributed by atoms with Crippen molar-refractivity contribution in [2.45, 2.75) is 187 Å². The number of aliphatic hydroxyl groups excluding tert-OH is 1. The summed E-state index contributed by atoms with van der Waals surface area (Å²) in [7, 11) is -4.41. The van der Waals surface area contributed by atoms with E-state index in [0.29, 0.717) is 6.42 Å². The number of hydrogen-bond acceptors (Lipinski definition) is 7. The lowest BCUT2D eigenvalue weighted by Crippen LogP contribution is -2.27. The normalized spacial score (nSPS) is 13.6. The smallest absolute Gasteiger partial charge is 0.463 e. The van der Waals surface area contributed by atoms with Crippen molar-refractivity contribution in [2.24, 2.45) is 0 Å². The number of allylic oxidation sites excluding steroid dienone is 4. The molecule has 0 spiro atoms. The lowest BCUT2D eigenvalue weighted by molar-refractivity contribution is -0.147. The molecule has 0 saturated carbocycles. The molecule has 2 unspecified atom stereocenters. The van der Waals surface area contributed by atoms with Crippen molar-refractivity contribution in [1.82, 2.24) is 5.32 Å². The summed E-state index contributed by atoms with van der Waals surface area (Å²) in [6.45, 7) is 3.50. The summed E-state index contributed by atoms with van der Waals surface area (Å²) < 4.78 is 26.8. The van der Waals surface area contributed by atoms with Crippen LogP contribution >= 0.6 is 7.82 Å². The molecule has 0 saturated heterocycles. The monoisotopic (exact) mass is 716 g/mol. The number of rotatable bonds is 37. The van der Waals surface area contributed by atoms with Crippen LogP contribution < -0.4 is 5.32 Å². The Labute approximate surface area is 300 Å². The van der Waals surface area contributed by atoms with Gasteiger partial charge in [-0.15, -0.1) is 0 Å². The van der Waals surface area contributed by atoms with Gasteiger partial charge in [0.2, 0.25) is 5.91 Å². The van der Waals surface area contributed by atoms with E-state index in [-0.39, 0.29) is 32.1 Å². The molecule has 0 radical (unpaired) electrons. The molecule has 288 valence electrons. The van der Waals surface area contributed by atoms with Crippen molar-refractivity contribution >= 4 is 19.7 Å². The molecule has 0 heterocycles. The molecule has 0 bridgehead atoms. The molecule has 49 heavy (non-hydrogen) atoms. The molecule has 0 rings (SSSR count). The first-order chi connectivity index (χ1) is 23.8. The van der Waals surface area contributed by atoms with E-state index in [0.717, 1.165) is 64.2 Å². The number of hydrogen-bond donors (Lipinski definition) is 3. The van der Waals surface area contributed by atoms with Gasteiger partial charge in [0.05, 0.1) is 13.2 Å². The number of aliphatic hydroxyl groups is 1. The van der Waals surface area contributed by atoms with Crippen LogP contribution in [0.15, 0.2) is 24.3 Å². The van der Waals surface area contributed by atoms with Gasteiger partial charge in [0.1, 0.15) is 12.7 Å². The van der Waals surface area contributed by atoms with E-state index in [2.05, 4.69) is 43.5 Å². The number of nitrogens with one attached hydrogen (secondary N) is 1. The summed E-state index contributed by atoms with van der Waals surface area (Å²) in [5.74, 6) is -0.528. The van der Waals surface area contributed by atoms with E-state index in [1.165, 1.54) is 89.9 Å². The Morgan fingerprint density at radius 1 is 0.633 bits per heavy atom. The van der Waals surface area contributed by atoms with Gasteiger partial charge < -0.3 is 20.1 Å². The third kappa shape index (κ3) is 37.6. The highest BCUT2D eigenvalue weighted by molar-refractivity contribution is 7.47. The van der Waals surface area contributed by atoms with E-state index < -0.39 is 26.5 Å². The van der Waals surface area contributed by atoms with Gasteiger partial charge in [-0.1, -0.05) is 154 Å². The van der Waals surface area contributed by atoms with Gasteiger partial charge in [-0.2, -0.15) is 0 Å². The largest absolute Gasteiger partial charge is 0.472 e. The number of esters is 1. The maximum Gasteiger partial charge on any atom is 0.472 e. The molecule has 0 aromatic carbocycles. The van der Waals surface area contributed by atoms with Crippen LogP contribution in [0.25, 0.3) is 0 Å². The number of unbranched alkanes of at least 4 members (excludes halogenated alkanes) is 20. The molecule has 0 aromatic rings. The molecule has 10 heteroatoms. The van der Waals surface area contributed by atoms with Crippen LogP contribution in [0.5, 0.6) is 0 Å². The van der Waals surface area contributed by atoms with E-state index in [4.69, 9.17) is 13.8 Å². The number of ether oxygens (including phenoxy) is 1. The van der Waals surface area contributed by atoms with Gasteiger partial charge in [-0.3, -0.25) is 18.6 Å². The molecule has 0 aromatic heterocycles. The first-order valence-corrected chi connectivity index (χ1v) is 21.3. The van der Waals surface area contributed by atoms with Crippen molar-refractivity contribution < 1.29 is 37.9 Å². The molecule has 0 aliphatic rings. The van der Waals surface area contributed by atoms with Gasteiger partial charge in [-0.25, -0.2) is 4.57 Å². The van der Waals surface area contributed by atoms with Crippen LogP contribution in [0.2, 0.25) is 0 Å². The average molecular weight is 716 g/mol. The average Bonchev–Trinajstić information content (AvgIpc) is 3.08. The minimum Gasteiger partial charge on any atom is -0.463 e. The quantitative estimate of drug-likeness (QED) is 0.0251. The predicted molar refractivity (Wildman–Crippen MR) is 201 cm³/mol. The van der Waals surface area contributed by atoms with Crippen molar-refractivity contribution in [3.63, 3.8) is 0 Å². The summed E-state index contributed by atoms with van der Waals surface area (Å²) in [6, 6.07) is 0. The van der Waals surface area contributed by atoms with E-state index >= 15 is 0 Å². The Bertz CT molecular complexity index is 866. The van der Waals surface area contributed by atoms with E-state index in [1.807, 2.05) is 0 Å². The predicted octanol–water partition coefficient (Wildman–Crippen LogP) is 10.4. The number of phosphoric ester groups is 1. The Kier molecular flexibility index (Phi) is 35.2. The zero-order chi connectivity index (χ0) is 36.1. The Morgan fingerprint density at radius 3 is 1.69 bits per heavy atom. The SMILES string of the molecule is CCCC/C=C\C/C=C\CCCCCCCC(=O)OCC(O)COP(=O)(O)OCCNC(=O)CCCCCCCCCCCCCCCC. The van der Waals surface area contributed by atoms with Gasteiger partial charge >= 0.3 is 13.8 Å². The Balaban J connectivity index is 3.62. The fourth-order valence-electron chi connectivity index (χ4n) is 5.34. The molecule has 9 nitrogen and oxygen atoms in total. The molecular weight excluding hydrogens is 641 g/mol. The van der Waals surface area contributed by atoms with Gasteiger partial charge in [0, 0.05) is 19.4 Å². The minimum atomic E-state index is -4.41. The zero-order valence-corrected chi connectivity index (χ0v) is 32.3. The highest BCUT2D eigenvalue weighted by Gasteiger charge is 2.23. The Hall–Kier alpha value is -1.51. The minimum absolute atomic E-state index is 0.0830. The number of amides is 1. The fourth-order valence-corrected chi connectivity index (χ4v) is 6.09. The van der Waals surface area contributed by atoms with Crippen LogP contribution in [-0.2, 0) is 27.9 Å². The fraction of sp³-hybridized carbons (Fsp3) is 0.846. The summed E-state index contributed by atoms with van der Waals surface area (Å²) in [5.41, 5.74) is 0. The standard InChI is InChI=1S/C39H74NO8P/c1-3-5-7-9-11-13-15-17-19-21-23-25-27-29-31-38(42)40-33-34-47-49(44,45)48-36-37(41)35-46-39(43)32-30-28-26-24-22-20-18-16-14-12-10-8-6-4-2/h10,12,16,18,37,41H,3-9,11,13-15,17,19-36H2,1-2H3,(H,40,42)(H,44,45)/b12-10-,18-16-. The molecular formula is C39H74NO8P. The van der Waals surface area contributed by atoms with Crippen molar-refractivity contribution in [3.05, 3.63) is 24.3 Å². The van der Waals surface area contributed by atoms with Gasteiger partial charge in [0.15, 0.2) is 0 Å². The highest BCUT2D eigenvalue weighted by Crippen LogP contribution is 2.42. The molecule has 0 fully saturated rings. The molecule has 2 atom stereocenters. The van der Waals surface area contributed by atoms with Crippen LogP contribution in [0.3, 0.4) is 0 Å². The van der Waals surface area contributed by atoms with Crippen molar-refractivity contribution in [2.75, 3.05) is 26.4 Å². The van der Waals surface area contributed by atoms with Crippen molar-refractivity contribution in [3.8, 4) is 0 Å². The highest BCUT2D eigenvalue weighted by atomic mass is 31.2. The van der Waals surface area contributed by atoms with Crippen LogP contribution in [0.1, 0.15) is 181 Å². The molecule has 0 aliphatic heterocycles. The number of phosphoric acid groups is 1. The summed E-state index contributed by atoms with van der Waals surface area (Å²) in [5, 5.41) is 12.7. The molecule has 3 N–H and O–H groups in total. The number of carbonyl (C=O) groups excluding carboxylic acids is 2. The summed E-state index contributed by atoms with van der Waals surface area (Å²) in [6.07, 6.45) is 36.7. The van der Waals surface area contributed by atoms with Crippen LogP contribution in [-0.4, -0.2) is 54.3 Å². The van der Waals surface area contributed by atoms with Gasteiger partial charge in [0.25, 0.3) is 0 Å². The number of carbonyl (C=O) groups is 2. The second-order valence-corrected chi connectivity index (χ2v) is 14.7. The van der Waals surface area contributed by atoms with Crippen molar-refractivity contribution in [1.29, 1.82) is 0 Å².